The number of halogens is 1. The Balaban J connectivity index is 2.54. The summed E-state index contributed by atoms with van der Waals surface area (Å²) >= 11 is 3.71. The smallest absolute Gasteiger partial charge is 0.0210 e. The van der Waals surface area contributed by atoms with Gasteiger partial charge in [-0.15, -0.1) is 0 Å². The molecule has 1 rings (SSSR count). The van der Waals surface area contributed by atoms with Gasteiger partial charge in [0.05, 0.1) is 0 Å². The van der Waals surface area contributed by atoms with Crippen LogP contribution in [-0.2, 0) is 0 Å². The van der Waals surface area contributed by atoms with Gasteiger partial charge in [0, 0.05) is 17.1 Å². The average molecular weight is 340 g/mol. The zero-order valence-electron chi connectivity index (χ0n) is 13.3. The molecular weight excluding hydrogens is 310 g/mol. The van der Waals surface area contributed by atoms with E-state index in [1.165, 1.54) is 48.6 Å². The van der Waals surface area contributed by atoms with E-state index in [2.05, 4.69) is 66.3 Å². The van der Waals surface area contributed by atoms with Gasteiger partial charge in [-0.3, -0.25) is 0 Å². The lowest BCUT2D eigenvalue weighted by atomic mass is 9.92. The standard InChI is InChI=1S/C18H30BrN/c1-4-5-6-7-8-11-16(14-20-15(2)3)17-12-9-10-13-18(17)19/h9-10,12-13,15-16,20H,4-8,11,14H2,1-3H3. The Kier molecular flexibility index (Phi) is 9.21. The fourth-order valence-electron chi connectivity index (χ4n) is 2.55. The molecule has 2 heteroatoms. The minimum absolute atomic E-state index is 0.556. The highest BCUT2D eigenvalue weighted by atomic mass is 79.9. The number of hydrogen-bond acceptors (Lipinski definition) is 1. The summed E-state index contributed by atoms with van der Waals surface area (Å²) in [6.07, 6.45) is 8.08. The fraction of sp³-hybridized carbons (Fsp3) is 0.667. The van der Waals surface area contributed by atoms with Crippen LogP contribution in [0.5, 0.6) is 0 Å². The third-order valence-corrected chi connectivity index (χ3v) is 4.50. The second kappa shape index (κ2) is 10.4. The molecule has 1 N–H and O–H groups in total. The van der Waals surface area contributed by atoms with Crippen molar-refractivity contribution in [1.29, 1.82) is 0 Å². The molecule has 0 saturated carbocycles. The summed E-state index contributed by atoms with van der Waals surface area (Å²) in [6, 6.07) is 9.24. The van der Waals surface area contributed by atoms with Gasteiger partial charge in [-0.25, -0.2) is 0 Å². The van der Waals surface area contributed by atoms with Gasteiger partial charge < -0.3 is 5.32 Å². The largest absolute Gasteiger partial charge is 0.314 e. The summed E-state index contributed by atoms with van der Waals surface area (Å²) < 4.78 is 1.25. The zero-order valence-corrected chi connectivity index (χ0v) is 14.9. The van der Waals surface area contributed by atoms with Gasteiger partial charge in [-0.05, 0) is 24.0 Å². The van der Waals surface area contributed by atoms with Crippen molar-refractivity contribution in [3.05, 3.63) is 34.3 Å². The zero-order chi connectivity index (χ0) is 14.8. The first-order chi connectivity index (χ1) is 9.65. The van der Waals surface area contributed by atoms with Crippen molar-refractivity contribution < 1.29 is 0 Å². The van der Waals surface area contributed by atoms with Gasteiger partial charge in [-0.1, -0.05) is 87.0 Å². The highest BCUT2D eigenvalue weighted by Gasteiger charge is 2.14. The minimum Gasteiger partial charge on any atom is -0.314 e. The van der Waals surface area contributed by atoms with E-state index in [4.69, 9.17) is 0 Å². The first-order valence-electron chi connectivity index (χ1n) is 8.13. The van der Waals surface area contributed by atoms with E-state index in [0.29, 0.717) is 12.0 Å². The summed E-state index contributed by atoms with van der Waals surface area (Å²) in [5.74, 6) is 0.620. The summed E-state index contributed by atoms with van der Waals surface area (Å²) in [4.78, 5) is 0. The second-order valence-corrected chi connectivity index (χ2v) is 6.84. The molecule has 20 heavy (non-hydrogen) atoms. The van der Waals surface area contributed by atoms with Crippen molar-refractivity contribution in [2.45, 2.75) is 71.3 Å². The van der Waals surface area contributed by atoms with Crippen LogP contribution in [0.15, 0.2) is 28.7 Å². The number of benzene rings is 1. The van der Waals surface area contributed by atoms with Gasteiger partial charge in [0.1, 0.15) is 0 Å². The SMILES string of the molecule is CCCCCCCC(CNC(C)C)c1ccccc1Br. The third-order valence-electron chi connectivity index (χ3n) is 3.77. The molecule has 0 fully saturated rings. The number of hydrogen-bond donors (Lipinski definition) is 1. The van der Waals surface area contributed by atoms with Crippen LogP contribution in [-0.4, -0.2) is 12.6 Å². The van der Waals surface area contributed by atoms with Gasteiger partial charge in [0.25, 0.3) is 0 Å². The molecule has 0 aliphatic heterocycles. The molecule has 114 valence electrons. The maximum absolute atomic E-state index is 3.71. The molecule has 0 amide bonds. The van der Waals surface area contributed by atoms with E-state index < -0.39 is 0 Å². The Hall–Kier alpha value is -0.340. The van der Waals surface area contributed by atoms with Crippen molar-refractivity contribution in [3.8, 4) is 0 Å². The number of rotatable bonds is 10. The molecule has 1 aromatic carbocycles. The Labute approximate surface area is 133 Å². The summed E-state index contributed by atoms with van der Waals surface area (Å²) in [7, 11) is 0. The average Bonchev–Trinajstić information content (AvgIpc) is 2.43. The lowest BCUT2D eigenvalue weighted by Crippen LogP contribution is -2.28. The van der Waals surface area contributed by atoms with E-state index >= 15 is 0 Å². The van der Waals surface area contributed by atoms with Crippen LogP contribution in [0.3, 0.4) is 0 Å². The maximum atomic E-state index is 3.71. The molecule has 1 aromatic rings. The summed E-state index contributed by atoms with van der Waals surface area (Å²) in [5, 5.41) is 3.60. The van der Waals surface area contributed by atoms with E-state index in [1.54, 1.807) is 0 Å². The minimum atomic E-state index is 0.556. The van der Waals surface area contributed by atoms with E-state index in [-0.39, 0.29) is 0 Å². The quantitative estimate of drug-likeness (QED) is 0.524. The molecule has 0 spiro atoms. The van der Waals surface area contributed by atoms with Crippen LogP contribution in [0.25, 0.3) is 0 Å². The number of unbranched alkanes of at least 4 members (excludes halogenated alkanes) is 4. The van der Waals surface area contributed by atoms with Gasteiger partial charge in [-0.2, -0.15) is 0 Å². The van der Waals surface area contributed by atoms with Crippen LogP contribution in [0.4, 0.5) is 0 Å². The van der Waals surface area contributed by atoms with E-state index in [0.717, 1.165) is 6.54 Å². The summed E-state index contributed by atoms with van der Waals surface area (Å²) in [6.45, 7) is 7.79. The Morgan fingerprint density at radius 3 is 2.40 bits per heavy atom. The van der Waals surface area contributed by atoms with Crippen molar-refractivity contribution in [2.75, 3.05) is 6.54 Å². The second-order valence-electron chi connectivity index (χ2n) is 5.98. The summed E-state index contributed by atoms with van der Waals surface area (Å²) in [5.41, 5.74) is 1.45. The predicted molar refractivity (Wildman–Crippen MR) is 93.4 cm³/mol. The normalized spacial score (nSPS) is 12.8. The molecule has 0 aliphatic rings. The third kappa shape index (κ3) is 6.90. The van der Waals surface area contributed by atoms with Crippen molar-refractivity contribution in [3.63, 3.8) is 0 Å². The molecular formula is C18H30BrN. The Morgan fingerprint density at radius 1 is 1.05 bits per heavy atom. The topological polar surface area (TPSA) is 12.0 Å². The first-order valence-corrected chi connectivity index (χ1v) is 8.92. The monoisotopic (exact) mass is 339 g/mol. The molecule has 0 heterocycles. The lowest BCUT2D eigenvalue weighted by Gasteiger charge is -2.21. The van der Waals surface area contributed by atoms with Crippen LogP contribution in [0.2, 0.25) is 0 Å². The van der Waals surface area contributed by atoms with Crippen LogP contribution in [0.1, 0.15) is 70.8 Å². The fourth-order valence-corrected chi connectivity index (χ4v) is 3.15. The molecule has 1 atom stereocenters. The molecule has 1 unspecified atom stereocenters. The molecule has 0 aromatic heterocycles. The predicted octanol–water partition coefficient (Wildman–Crippen LogP) is 5.89. The van der Waals surface area contributed by atoms with Gasteiger partial charge in [0.15, 0.2) is 0 Å². The van der Waals surface area contributed by atoms with Crippen LogP contribution in [0, 0.1) is 0 Å². The maximum Gasteiger partial charge on any atom is 0.0210 e. The molecule has 0 bridgehead atoms. The van der Waals surface area contributed by atoms with Gasteiger partial charge >= 0.3 is 0 Å². The highest BCUT2D eigenvalue weighted by molar-refractivity contribution is 9.10. The molecule has 1 nitrogen and oxygen atoms in total. The first kappa shape index (κ1) is 17.7. The van der Waals surface area contributed by atoms with Crippen molar-refractivity contribution in [1.82, 2.24) is 5.32 Å². The molecule has 0 saturated heterocycles. The Bertz CT molecular complexity index is 362. The van der Waals surface area contributed by atoms with E-state index in [1.807, 2.05) is 0 Å². The Morgan fingerprint density at radius 2 is 1.75 bits per heavy atom. The lowest BCUT2D eigenvalue weighted by molar-refractivity contribution is 0.483. The van der Waals surface area contributed by atoms with Crippen LogP contribution >= 0.6 is 15.9 Å². The van der Waals surface area contributed by atoms with E-state index in [9.17, 15) is 0 Å². The van der Waals surface area contributed by atoms with Crippen LogP contribution < -0.4 is 5.32 Å². The van der Waals surface area contributed by atoms with Crippen molar-refractivity contribution in [2.24, 2.45) is 0 Å². The highest BCUT2D eigenvalue weighted by Crippen LogP contribution is 2.28. The van der Waals surface area contributed by atoms with Gasteiger partial charge in [0.2, 0.25) is 0 Å². The van der Waals surface area contributed by atoms with Crippen molar-refractivity contribution >= 4 is 15.9 Å². The molecule has 0 radical (unpaired) electrons. The molecule has 0 aliphatic carbocycles. The number of nitrogens with one attached hydrogen (secondary N) is 1.